The molecule has 2 aromatic heterocycles. The predicted octanol–water partition coefficient (Wildman–Crippen LogP) is 2.25. The predicted molar refractivity (Wildman–Crippen MR) is 65.6 cm³/mol. The van der Waals surface area contributed by atoms with Gasteiger partial charge in [0.2, 0.25) is 0 Å². The third kappa shape index (κ3) is 2.09. The van der Waals surface area contributed by atoms with Crippen LogP contribution in [-0.2, 0) is 0 Å². The first-order valence-corrected chi connectivity index (χ1v) is 4.93. The van der Waals surface area contributed by atoms with Crippen molar-refractivity contribution in [3.63, 3.8) is 0 Å². The summed E-state index contributed by atoms with van der Waals surface area (Å²) in [6, 6.07) is 9.82. The van der Waals surface area contributed by atoms with E-state index >= 15 is 0 Å². The minimum absolute atomic E-state index is 0. The van der Waals surface area contributed by atoms with E-state index in [1.54, 1.807) is 18.6 Å². The highest BCUT2D eigenvalue weighted by Gasteiger charge is 2.02. The van der Waals surface area contributed by atoms with Crippen LogP contribution in [-0.4, -0.2) is 19.9 Å². The Balaban J connectivity index is 0.00000108. The van der Waals surface area contributed by atoms with Crippen LogP contribution in [0.25, 0.3) is 22.6 Å². The average molecular weight is 225 g/mol. The fraction of sp³-hybridized carbons (Fsp3) is 0. The largest absolute Gasteiger partial charge is 0.344 e. The smallest absolute Gasteiger partial charge is 0.181 e. The first-order chi connectivity index (χ1) is 7.93. The Labute approximate surface area is 98.2 Å². The number of benzene rings is 1. The van der Waals surface area contributed by atoms with Crippen molar-refractivity contribution in [1.29, 1.82) is 0 Å². The van der Waals surface area contributed by atoms with Gasteiger partial charge in [0.05, 0.1) is 6.20 Å². The monoisotopic (exact) mass is 225 g/mol. The number of aromatic nitrogens is 4. The molecule has 0 saturated heterocycles. The van der Waals surface area contributed by atoms with Gasteiger partial charge in [0.1, 0.15) is 5.52 Å². The van der Waals surface area contributed by atoms with E-state index in [-0.39, 0.29) is 6.15 Å². The second-order valence-electron chi connectivity index (χ2n) is 3.32. The first kappa shape index (κ1) is 11.1. The Hall–Kier alpha value is -2.40. The maximum absolute atomic E-state index is 4.36. The standard InChI is InChI=1S/C12H8N4.H3N/c1-2-4-9(5-3-1)11-15-8-10-12(16-11)14-7-6-13-10;/h1-8H;1H3. The van der Waals surface area contributed by atoms with Gasteiger partial charge in [0.15, 0.2) is 11.5 Å². The lowest BCUT2D eigenvalue weighted by molar-refractivity contribution is 1.15. The molecule has 2 heterocycles. The minimum Gasteiger partial charge on any atom is -0.344 e. The fourth-order valence-corrected chi connectivity index (χ4v) is 1.50. The molecule has 5 nitrogen and oxygen atoms in total. The molecule has 5 heteroatoms. The van der Waals surface area contributed by atoms with Crippen molar-refractivity contribution in [2.75, 3.05) is 0 Å². The van der Waals surface area contributed by atoms with E-state index in [1.165, 1.54) is 0 Å². The molecule has 0 atom stereocenters. The van der Waals surface area contributed by atoms with Crippen molar-refractivity contribution < 1.29 is 0 Å². The minimum atomic E-state index is 0. The SMILES string of the molecule is N.c1ccc(-c2ncc3nccnc3n2)cc1. The number of hydrogen-bond donors (Lipinski definition) is 1. The molecule has 0 radical (unpaired) electrons. The van der Waals surface area contributed by atoms with Gasteiger partial charge in [0.25, 0.3) is 0 Å². The number of fused-ring (bicyclic) bond motifs is 1. The zero-order valence-electron chi connectivity index (χ0n) is 9.11. The lowest BCUT2D eigenvalue weighted by atomic mass is 10.2. The van der Waals surface area contributed by atoms with Gasteiger partial charge in [-0.1, -0.05) is 30.3 Å². The normalized spacial score (nSPS) is 9.88. The van der Waals surface area contributed by atoms with Crippen LogP contribution in [0.15, 0.2) is 48.9 Å². The van der Waals surface area contributed by atoms with Crippen LogP contribution in [0.5, 0.6) is 0 Å². The maximum Gasteiger partial charge on any atom is 0.181 e. The molecule has 0 aliphatic heterocycles. The Bertz CT molecular complexity index is 624. The van der Waals surface area contributed by atoms with Gasteiger partial charge in [-0.25, -0.2) is 19.9 Å². The zero-order chi connectivity index (χ0) is 10.8. The lowest BCUT2D eigenvalue weighted by Crippen LogP contribution is -1.92. The van der Waals surface area contributed by atoms with Crippen molar-refractivity contribution in [2.45, 2.75) is 0 Å². The Morgan fingerprint density at radius 1 is 0.824 bits per heavy atom. The van der Waals surface area contributed by atoms with Crippen molar-refractivity contribution in [3.8, 4) is 11.4 Å². The number of nitrogens with zero attached hydrogens (tertiary/aromatic N) is 4. The first-order valence-electron chi connectivity index (χ1n) is 4.93. The third-order valence-electron chi connectivity index (χ3n) is 2.26. The summed E-state index contributed by atoms with van der Waals surface area (Å²) < 4.78 is 0. The molecular formula is C12H11N5. The molecule has 0 fully saturated rings. The summed E-state index contributed by atoms with van der Waals surface area (Å²) in [5, 5.41) is 0. The van der Waals surface area contributed by atoms with Gasteiger partial charge in [-0.15, -0.1) is 0 Å². The molecule has 3 N–H and O–H groups in total. The third-order valence-corrected chi connectivity index (χ3v) is 2.26. The molecule has 0 aliphatic carbocycles. The van der Waals surface area contributed by atoms with Crippen molar-refractivity contribution in [3.05, 3.63) is 48.9 Å². The van der Waals surface area contributed by atoms with Crippen LogP contribution in [0.1, 0.15) is 0 Å². The van der Waals surface area contributed by atoms with E-state index in [9.17, 15) is 0 Å². The zero-order valence-corrected chi connectivity index (χ0v) is 9.11. The van der Waals surface area contributed by atoms with Gasteiger partial charge in [-0.2, -0.15) is 0 Å². The second kappa shape index (κ2) is 4.63. The highest BCUT2D eigenvalue weighted by Crippen LogP contribution is 2.15. The summed E-state index contributed by atoms with van der Waals surface area (Å²) in [6.45, 7) is 0. The molecule has 0 saturated carbocycles. The summed E-state index contributed by atoms with van der Waals surface area (Å²) in [6.07, 6.45) is 4.95. The lowest BCUT2D eigenvalue weighted by Gasteiger charge is -2.00. The maximum atomic E-state index is 4.36. The average Bonchev–Trinajstić information content (AvgIpc) is 2.39. The summed E-state index contributed by atoms with van der Waals surface area (Å²) in [5.41, 5.74) is 2.31. The molecule has 1 aromatic carbocycles. The van der Waals surface area contributed by atoms with E-state index < -0.39 is 0 Å². The van der Waals surface area contributed by atoms with E-state index in [0.717, 1.165) is 5.56 Å². The molecule has 0 spiro atoms. The van der Waals surface area contributed by atoms with E-state index in [1.807, 2.05) is 30.3 Å². The molecule has 17 heavy (non-hydrogen) atoms. The van der Waals surface area contributed by atoms with Crippen molar-refractivity contribution >= 4 is 11.2 Å². The van der Waals surface area contributed by atoms with Crippen molar-refractivity contribution in [1.82, 2.24) is 26.1 Å². The number of hydrogen-bond acceptors (Lipinski definition) is 5. The summed E-state index contributed by atoms with van der Waals surface area (Å²) in [4.78, 5) is 16.9. The molecule has 0 aliphatic rings. The molecular weight excluding hydrogens is 214 g/mol. The van der Waals surface area contributed by atoms with E-state index in [2.05, 4.69) is 19.9 Å². The fourth-order valence-electron chi connectivity index (χ4n) is 1.50. The van der Waals surface area contributed by atoms with Crippen LogP contribution in [0, 0.1) is 0 Å². The molecule has 0 amide bonds. The van der Waals surface area contributed by atoms with Gasteiger partial charge in [-0.05, 0) is 0 Å². The van der Waals surface area contributed by atoms with Crippen LogP contribution in [0.4, 0.5) is 0 Å². The highest BCUT2D eigenvalue weighted by atomic mass is 15.0. The van der Waals surface area contributed by atoms with E-state index in [4.69, 9.17) is 0 Å². The van der Waals surface area contributed by atoms with Gasteiger partial charge < -0.3 is 6.15 Å². The highest BCUT2D eigenvalue weighted by molar-refractivity contribution is 5.71. The van der Waals surface area contributed by atoms with Crippen LogP contribution < -0.4 is 6.15 Å². The molecule has 0 bridgehead atoms. The molecule has 3 aromatic rings. The summed E-state index contributed by atoms with van der Waals surface area (Å²) >= 11 is 0. The topological polar surface area (TPSA) is 86.6 Å². The van der Waals surface area contributed by atoms with Crippen LogP contribution >= 0.6 is 0 Å². The van der Waals surface area contributed by atoms with E-state index in [0.29, 0.717) is 17.0 Å². The van der Waals surface area contributed by atoms with Crippen LogP contribution in [0.2, 0.25) is 0 Å². The quantitative estimate of drug-likeness (QED) is 0.686. The summed E-state index contributed by atoms with van der Waals surface area (Å²) in [7, 11) is 0. The molecule has 84 valence electrons. The van der Waals surface area contributed by atoms with Gasteiger partial charge in [0, 0.05) is 18.0 Å². The number of rotatable bonds is 1. The molecule has 3 rings (SSSR count). The van der Waals surface area contributed by atoms with Crippen LogP contribution in [0.3, 0.4) is 0 Å². The Morgan fingerprint density at radius 3 is 2.41 bits per heavy atom. The van der Waals surface area contributed by atoms with Gasteiger partial charge >= 0.3 is 0 Å². The molecule has 0 unspecified atom stereocenters. The Kier molecular flexibility index (Phi) is 3.02. The van der Waals surface area contributed by atoms with Crippen molar-refractivity contribution in [2.24, 2.45) is 0 Å². The second-order valence-corrected chi connectivity index (χ2v) is 3.32. The summed E-state index contributed by atoms with van der Waals surface area (Å²) in [5.74, 6) is 0.675. The van der Waals surface area contributed by atoms with Gasteiger partial charge in [-0.3, -0.25) is 0 Å². The Morgan fingerprint density at radius 2 is 1.59 bits per heavy atom.